The summed E-state index contributed by atoms with van der Waals surface area (Å²) in [5.74, 6) is -0.474. The zero-order valence-electron chi connectivity index (χ0n) is 24.6. The van der Waals surface area contributed by atoms with E-state index in [2.05, 4.69) is 15.1 Å². The van der Waals surface area contributed by atoms with Gasteiger partial charge in [-0.2, -0.15) is 5.10 Å². The second-order valence-electron chi connectivity index (χ2n) is 11.5. The zero-order valence-corrected chi connectivity index (χ0v) is 25.5. The molecule has 3 aromatic heterocycles. The Morgan fingerprint density at radius 3 is 2.74 bits per heavy atom. The van der Waals surface area contributed by atoms with Gasteiger partial charge in [0.2, 0.25) is 5.91 Å². The molecule has 2 aliphatic rings. The molecule has 2 aliphatic heterocycles. The lowest BCUT2D eigenvalue weighted by Crippen LogP contribution is -2.45. The van der Waals surface area contributed by atoms with Crippen molar-refractivity contribution in [1.29, 1.82) is 0 Å². The lowest BCUT2D eigenvalue weighted by atomic mass is 10.0. The summed E-state index contributed by atoms with van der Waals surface area (Å²) >= 11 is 1.22. The molecule has 232 valence electrons. The van der Waals surface area contributed by atoms with Crippen LogP contribution < -0.4 is 14.5 Å². The predicted molar refractivity (Wildman–Crippen MR) is 171 cm³/mol. The number of rotatable bonds is 2. The number of thiazole rings is 1. The number of anilines is 1. The monoisotopic (exact) mass is 639 g/mol. The molecule has 2 atom stereocenters. The molecule has 6 aromatic rings. The molecule has 0 spiro atoms. The number of halogens is 2. The van der Waals surface area contributed by atoms with Crippen LogP contribution in [0, 0.1) is 11.6 Å². The highest BCUT2D eigenvalue weighted by molar-refractivity contribution is 7.16. The van der Waals surface area contributed by atoms with Gasteiger partial charge in [-0.05, 0) is 42.3 Å². The average Bonchev–Trinajstić information content (AvgIpc) is 3.75. The van der Waals surface area contributed by atoms with Crippen molar-refractivity contribution in [2.75, 3.05) is 25.0 Å². The average molecular weight is 640 g/mol. The first kappa shape index (κ1) is 28.3. The van der Waals surface area contributed by atoms with E-state index in [9.17, 15) is 18.4 Å². The lowest BCUT2D eigenvalue weighted by molar-refractivity contribution is -0.131. The summed E-state index contributed by atoms with van der Waals surface area (Å²) in [6.07, 6.45) is 3.51. The molecule has 1 amide bonds. The van der Waals surface area contributed by atoms with Gasteiger partial charge >= 0.3 is 4.87 Å². The number of likely N-dealkylation sites (N-methyl/N-ethyl adjacent to an activating group) is 1. The van der Waals surface area contributed by atoms with Crippen molar-refractivity contribution in [3.63, 3.8) is 0 Å². The van der Waals surface area contributed by atoms with E-state index in [0.29, 0.717) is 55.1 Å². The minimum atomic E-state index is -0.780. The molecule has 8 rings (SSSR count). The van der Waals surface area contributed by atoms with Crippen LogP contribution in [0.25, 0.3) is 38.1 Å². The normalized spacial score (nSPS) is 18.5. The molecule has 0 saturated carbocycles. The van der Waals surface area contributed by atoms with Crippen LogP contribution in [-0.2, 0) is 11.3 Å². The van der Waals surface area contributed by atoms with E-state index < -0.39 is 17.7 Å². The van der Waals surface area contributed by atoms with Gasteiger partial charge in [-0.3, -0.25) is 14.2 Å². The number of hydrogen-bond donors (Lipinski definition) is 0. The Bertz CT molecular complexity index is 2210. The number of nitrogens with zero attached hydrogens (tertiary/aromatic N) is 7. The standard InChI is InChI=1S/C33H27F2N7O3S/c1-39-11-4-12-40-29-23(7-3-8-28(29)46-33(40)44)19-5-2-6-21(13-19)45-22-15-27(32(39)43)41(17-22)30-24-16-38-42(31(24)37-18-36-30)26-10-9-20(34)14-25(26)35/h2-3,5-10,13-14,16,18,22,27H,4,11-12,15,17H2,1H3/t22-,27-/m0/s1. The van der Waals surface area contributed by atoms with Crippen molar-refractivity contribution in [2.24, 2.45) is 0 Å². The third-order valence-corrected chi connectivity index (χ3v) is 9.63. The van der Waals surface area contributed by atoms with Crippen molar-refractivity contribution in [2.45, 2.75) is 31.5 Å². The van der Waals surface area contributed by atoms with Crippen molar-refractivity contribution in [3.8, 4) is 22.6 Å². The number of carbonyl (C=O) groups is 1. The van der Waals surface area contributed by atoms with Gasteiger partial charge < -0.3 is 14.5 Å². The van der Waals surface area contributed by atoms with Crippen molar-refractivity contribution >= 4 is 44.3 Å². The van der Waals surface area contributed by atoms with Crippen molar-refractivity contribution in [3.05, 3.63) is 94.5 Å². The number of benzene rings is 3. The SMILES string of the molecule is CN1CCCn2c(=O)sc3cccc(c32)-c2cccc(c2)O[C@H]2C[C@@H](C1=O)N(c1ncnc3c1cnn3-c1ccc(F)cc1F)C2. The van der Waals surface area contributed by atoms with Crippen LogP contribution in [0.2, 0.25) is 0 Å². The Kier molecular flexibility index (Phi) is 6.78. The number of ether oxygens (including phenoxy) is 1. The fourth-order valence-electron chi connectivity index (χ4n) is 6.56. The first-order chi connectivity index (χ1) is 22.4. The summed E-state index contributed by atoms with van der Waals surface area (Å²) in [5, 5.41) is 4.87. The Hall–Kier alpha value is -5.17. The van der Waals surface area contributed by atoms with Gasteiger partial charge in [0.1, 0.15) is 41.5 Å². The first-order valence-electron chi connectivity index (χ1n) is 14.9. The van der Waals surface area contributed by atoms with Crippen LogP contribution in [0.1, 0.15) is 12.8 Å². The van der Waals surface area contributed by atoms with Gasteiger partial charge in [-0.25, -0.2) is 23.4 Å². The lowest BCUT2D eigenvalue weighted by Gasteiger charge is -2.28. The molecule has 5 heterocycles. The van der Waals surface area contributed by atoms with Crippen LogP contribution in [-0.4, -0.2) is 67.4 Å². The molecule has 1 saturated heterocycles. The quantitative estimate of drug-likeness (QED) is 0.262. The predicted octanol–water partition coefficient (Wildman–Crippen LogP) is 5.03. The molecule has 10 nitrogen and oxygen atoms in total. The van der Waals surface area contributed by atoms with Gasteiger partial charge in [-0.1, -0.05) is 35.6 Å². The Morgan fingerprint density at radius 2 is 1.87 bits per heavy atom. The second kappa shape index (κ2) is 11.0. The number of fused-ring (bicyclic) bond motifs is 6. The molecule has 0 unspecified atom stereocenters. The van der Waals surface area contributed by atoms with E-state index in [0.717, 1.165) is 33.5 Å². The topological polar surface area (TPSA) is 98.4 Å². The Labute approximate surface area is 265 Å². The number of para-hydroxylation sites is 1. The second-order valence-corrected chi connectivity index (χ2v) is 12.5. The van der Waals surface area contributed by atoms with E-state index in [-0.39, 0.29) is 22.6 Å². The van der Waals surface area contributed by atoms with Gasteiger partial charge in [0.05, 0.1) is 28.3 Å². The maximum atomic E-state index is 14.7. The minimum absolute atomic E-state index is 0.0350. The van der Waals surface area contributed by atoms with Gasteiger partial charge in [-0.15, -0.1) is 0 Å². The summed E-state index contributed by atoms with van der Waals surface area (Å²) in [4.78, 5) is 39.6. The summed E-state index contributed by atoms with van der Waals surface area (Å²) < 4.78 is 38.9. The van der Waals surface area contributed by atoms with Crippen LogP contribution in [0.4, 0.5) is 14.6 Å². The molecule has 46 heavy (non-hydrogen) atoms. The fraction of sp³-hybridized carbons (Fsp3) is 0.242. The molecule has 0 N–H and O–H groups in total. The largest absolute Gasteiger partial charge is 0.488 e. The van der Waals surface area contributed by atoms with Crippen LogP contribution in [0.15, 0.2) is 78.0 Å². The summed E-state index contributed by atoms with van der Waals surface area (Å²) in [5.41, 5.74) is 3.13. The number of carbonyl (C=O) groups excluding carboxylic acids is 1. The van der Waals surface area contributed by atoms with Crippen LogP contribution in [0.3, 0.4) is 0 Å². The minimum Gasteiger partial charge on any atom is -0.488 e. The zero-order chi connectivity index (χ0) is 31.5. The van der Waals surface area contributed by atoms with Gasteiger partial charge in [0.25, 0.3) is 0 Å². The van der Waals surface area contributed by atoms with Crippen molar-refractivity contribution in [1.82, 2.24) is 29.2 Å². The van der Waals surface area contributed by atoms with E-state index in [4.69, 9.17) is 4.74 Å². The molecule has 0 radical (unpaired) electrons. The van der Waals surface area contributed by atoms with Gasteiger partial charge in [0.15, 0.2) is 11.5 Å². The molecule has 3 aromatic carbocycles. The fourth-order valence-corrected chi connectivity index (χ4v) is 7.50. The molecular weight excluding hydrogens is 612 g/mol. The van der Waals surface area contributed by atoms with E-state index in [1.54, 1.807) is 16.5 Å². The number of aryl methyl sites for hydroxylation is 1. The third-order valence-electron chi connectivity index (χ3n) is 8.69. The van der Waals surface area contributed by atoms with E-state index in [1.165, 1.54) is 34.6 Å². The summed E-state index contributed by atoms with van der Waals surface area (Å²) in [7, 11) is 1.76. The molecule has 1 fully saturated rings. The van der Waals surface area contributed by atoms with Crippen LogP contribution in [0.5, 0.6) is 5.75 Å². The van der Waals surface area contributed by atoms with Crippen LogP contribution >= 0.6 is 11.3 Å². The summed E-state index contributed by atoms with van der Waals surface area (Å²) in [6.45, 7) is 1.26. The van der Waals surface area contributed by atoms with E-state index >= 15 is 0 Å². The smallest absolute Gasteiger partial charge is 0.308 e. The highest BCUT2D eigenvalue weighted by atomic mass is 32.1. The van der Waals surface area contributed by atoms with E-state index in [1.807, 2.05) is 47.4 Å². The number of aromatic nitrogens is 5. The number of hydrogen-bond acceptors (Lipinski definition) is 8. The number of amides is 1. The maximum Gasteiger partial charge on any atom is 0.308 e. The maximum absolute atomic E-state index is 14.7. The molecule has 4 bridgehead atoms. The molecule has 13 heteroatoms. The first-order valence-corrected chi connectivity index (χ1v) is 15.7. The Balaban J connectivity index is 1.20. The highest BCUT2D eigenvalue weighted by Crippen LogP contribution is 2.36. The Morgan fingerprint density at radius 1 is 1.00 bits per heavy atom. The highest BCUT2D eigenvalue weighted by Gasteiger charge is 2.41. The van der Waals surface area contributed by atoms with Crippen molar-refractivity contribution < 1.29 is 18.3 Å². The van der Waals surface area contributed by atoms with Gasteiger partial charge in [0, 0.05) is 38.2 Å². The molecule has 0 aliphatic carbocycles. The summed E-state index contributed by atoms with van der Waals surface area (Å²) in [6, 6.07) is 16.4. The molecular formula is C33H27F2N7O3S. The third kappa shape index (κ3) is 4.69.